The minimum atomic E-state index is -0.546. The van der Waals surface area contributed by atoms with Gasteiger partial charge in [-0.1, -0.05) is 57.2 Å². The maximum Gasteiger partial charge on any atom is 0.122 e. The molecular weight excluding hydrogens is 338 g/mol. The summed E-state index contributed by atoms with van der Waals surface area (Å²) in [6.45, 7) is 8.26. The summed E-state index contributed by atoms with van der Waals surface area (Å²) in [6.07, 6.45) is 0.578. The van der Waals surface area contributed by atoms with Gasteiger partial charge in [-0.2, -0.15) is 0 Å². The molecule has 0 aliphatic carbocycles. The summed E-state index contributed by atoms with van der Waals surface area (Å²) in [5, 5.41) is 13.6. The predicted molar refractivity (Wildman–Crippen MR) is 108 cm³/mol. The number of nitrogens with one attached hydrogen (secondary N) is 1. The fourth-order valence-electron chi connectivity index (χ4n) is 3.68. The second-order valence-electron chi connectivity index (χ2n) is 8.41. The van der Waals surface area contributed by atoms with Crippen molar-refractivity contribution in [1.29, 1.82) is 0 Å². The highest BCUT2D eigenvalue weighted by Crippen LogP contribution is 2.38. The zero-order valence-corrected chi connectivity index (χ0v) is 16.5. The van der Waals surface area contributed by atoms with Crippen LogP contribution < -0.4 is 14.8 Å². The maximum atomic E-state index is 10.2. The Morgan fingerprint density at radius 2 is 1.81 bits per heavy atom. The molecule has 0 saturated heterocycles. The van der Waals surface area contributed by atoms with E-state index < -0.39 is 6.10 Å². The van der Waals surface area contributed by atoms with Crippen molar-refractivity contribution >= 4 is 0 Å². The van der Waals surface area contributed by atoms with Crippen molar-refractivity contribution in [3.63, 3.8) is 0 Å². The lowest BCUT2D eigenvalue weighted by Crippen LogP contribution is -2.47. The van der Waals surface area contributed by atoms with Crippen molar-refractivity contribution in [3.8, 4) is 11.5 Å². The van der Waals surface area contributed by atoms with Gasteiger partial charge in [0.1, 0.15) is 30.3 Å². The van der Waals surface area contributed by atoms with Gasteiger partial charge < -0.3 is 19.9 Å². The molecule has 0 fully saturated rings. The van der Waals surface area contributed by atoms with Crippen LogP contribution in [-0.2, 0) is 6.42 Å². The SMILES string of the molecule is CC(C)(C)C1Oc2ccccc2C[C@@H]1CNC[C@H](O)COc1ccccc1. The molecule has 1 unspecified atom stereocenters. The van der Waals surface area contributed by atoms with E-state index in [0.29, 0.717) is 12.5 Å². The Morgan fingerprint density at radius 1 is 1.11 bits per heavy atom. The largest absolute Gasteiger partial charge is 0.491 e. The lowest BCUT2D eigenvalue weighted by Gasteiger charge is -2.41. The van der Waals surface area contributed by atoms with E-state index >= 15 is 0 Å². The normalized spacial score (nSPS) is 20.4. The summed E-state index contributed by atoms with van der Waals surface area (Å²) in [5.74, 6) is 2.15. The van der Waals surface area contributed by atoms with E-state index in [9.17, 15) is 5.11 Å². The smallest absolute Gasteiger partial charge is 0.122 e. The predicted octanol–water partition coefficient (Wildman–Crippen LogP) is 3.68. The number of para-hydroxylation sites is 2. The summed E-state index contributed by atoms with van der Waals surface area (Å²) in [7, 11) is 0. The van der Waals surface area contributed by atoms with Gasteiger partial charge in [0.2, 0.25) is 0 Å². The Labute approximate surface area is 162 Å². The molecule has 0 saturated carbocycles. The second-order valence-corrected chi connectivity index (χ2v) is 8.41. The highest BCUT2D eigenvalue weighted by Gasteiger charge is 2.37. The van der Waals surface area contributed by atoms with Crippen LogP contribution in [0.15, 0.2) is 54.6 Å². The molecule has 27 heavy (non-hydrogen) atoms. The van der Waals surface area contributed by atoms with Crippen LogP contribution in [0.25, 0.3) is 0 Å². The standard InChI is InChI=1S/C23H31NO3/c1-23(2,3)22-18(13-17-9-7-8-12-21(17)27-22)14-24-15-19(25)16-26-20-10-5-4-6-11-20/h4-12,18-19,22,24-25H,13-16H2,1-3H3/t18-,19+,22?/m1/s1. The number of aliphatic hydroxyl groups excluding tert-OH is 1. The Kier molecular flexibility index (Phi) is 6.40. The van der Waals surface area contributed by atoms with Crippen LogP contribution in [0.5, 0.6) is 11.5 Å². The van der Waals surface area contributed by atoms with Crippen LogP contribution in [-0.4, -0.2) is 37.0 Å². The quantitative estimate of drug-likeness (QED) is 0.782. The Hall–Kier alpha value is -2.04. The fraction of sp³-hybridized carbons (Fsp3) is 0.478. The molecule has 1 heterocycles. The fourth-order valence-corrected chi connectivity index (χ4v) is 3.68. The van der Waals surface area contributed by atoms with E-state index in [0.717, 1.165) is 24.5 Å². The van der Waals surface area contributed by atoms with Gasteiger partial charge in [0.05, 0.1) is 0 Å². The molecule has 0 aromatic heterocycles. The van der Waals surface area contributed by atoms with Crippen molar-refractivity contribution in [2.45, 2.75) is 39.4 Å². The molecule has 1 aliphatic heterocycles. The maximum absolute atomic E-state index is 10.2. The van der Waals surface area contributed by atoms with Gasteiger partial charge in [0.25, 0.3) is 0 Å². The van der Waals surface area contributed by atoms with Crippen molar-refractivity contribution in [3.05, 3.63) is 60.2 Å². The van der Waals surface area contributed by atoms with Gasteiger partial charge in [-0.3, -0.25) is 0 Å². The molecule has 0 spiro atoms. The first-order valence-corrected chi connectivity index (χ1v) is 9.74. The van der Waals surface area contributed by atoms with Crippen molar-refractivity contribution in [2.75, 3.05) is 19.7 Å². The lowest BCUT2D eigenvalue weighted by atomic mass is 9.77. The molecule has 0 radical (unpaired) electrons. The van der Waals surface area contributed by atoms with Gasteiger partial charge in [0.15, 0.2) is 0 Å². The topological polar surface area (TPSA) is 50.7 Å². The molecule has 3 atom stereocenters. The van der Waals surface area contributed by atoms with Gasteiger partial charge in [-0.25, -0.2) is 0 Å². The molecule has 2 N–H and O–H groups in total. The summed E-state index contributed by atoms with van der Waals surface area (Å²) in [5.41, 5.74) is 1.31. The Morgan fingerprint density at radius 3 is 2.56 bits per heavy atom. The minimum Gasteiger partial charge on any atom is -0.491 e. The first kappa shape index (κ1) is 19.7. The van der Waals surface area contributed by atoms with Gasteiger partial charge in [0, 0.05) is 19.0 Å². The number of hydrogen-bond donors (Lipinski definition) is 2. The molecule has 3 rings (SSSR count). The lowest BCUT2D eigenvalue weighted by molar-refractivity contribution is 0.0185. The van der Waals surface area contributed by atoms with E-state index in [1.165, 1.54) is 5.56 Å². The number of rotatable bonds is 7. The zero-order valence-electron chi connectivity index (χ0n) is 16.5. The number of ether oxygens (including phenoxy) is 2. The van der Waals surface area contributed by atoms with Crippen LogP contribution in [0, 0.1) is 11.3 Å². The van der Waals surface area contributed by atoms with Crippen LogP contribution >= 0.6 is 0 Å². The molecule has 1 aliphatic rings. The highest BCUT2D eigenvalue weighted by molar-refractivity contribution is 5.36. The van der Waals surface area contributed by atoms with Gasteiger partial charge >= 0.3 is 0 Å². The Balaban J connectivity index is 1.51. The number of aliphatic hydroxyl groups is 1. The minimum absolute atomic E-state index is 0.0505. The molecule has 4 nitrogen and oxygen atoms in total. The molecule has 146 valence electrons. The average molecular weight is 370 g/mol. The number of benzene rings is 2. The van der Waals surface area contributed by atoms with E-state index in [1.54, 1.807) is 0 Å². The van der Waals surface area contributed by atoms with Gasteiger partial charge in [-0.15, -0.1) is 0 Å². The average Bonchev–Trinajstić information content (AvgIpc) is 2.66. The van der Waals surface area contributed by atoms with E-state index in [2.05, 4.69) is 44.3 Å². The van der Waals surface area contributed by atoms with Crippen molar-refractivity contribution in [1.82, 2.24) is 5.32 Å². The van der Waals surface area contributed by atoms with E-state index in [-0.39, 0.29) is 18.1 Å². The monoisotopic (exact) mass is 369 g/mol. The van der Waals surface area contributed by atoms with Crippen LogP contribution in [0.4, 0.5) is 0 Å². The number of fused-ring (bicyclic) bond motifs is 1. The molecule has 4 heteroatoms. The van der Waals surface area contributed by atoms with Gasteiger partial charge in [-0.05, 0) is 35.6 Å². The van der Waals surface area contributed by atoms with Crippen molar-refractivity contribution in [2.24, 2.45) is 11.3 Å². The third-order valence-corrected chi connectivity index (χ3v) is 4.96. The first-order valence-electron chi connectivity index (χ1n) is 9.74. The first-order chi connectivity index (χ1) is 12.9. The summed E-state index contributed by atoms with van der Waals surface area (Å²) in [6, 6.07) is 17.9. The summed E-state index contributed by atoms with van der Waals surface area (Å²) in [4.78, 5) is 0. The summed E-state index contributed by atoms with van der Waals surface area (Å²) < 4.78 is 12.0. The van der Waals surface area contributed by atoms with E-state index in [1.807, 2.05) is 36.4 Å². The molecule has 2 aromatic rings. The van der Waals surface area contributed by atoms with Crippen molar-refractivity contribution < 1.29 is 14.6 Å². The van der Waals surface area contributed by atoms with Crippen LogP contribution in [0.2, 0.25) is 0 Å². The second kappa shape index (κ2) is 8.77. The zero-order chi connectivity index (χ0) is 19.3. The third kappa shape index (κ3) is 5.47. The number of hydrogen-bond acceptors (Lipinski definition) is 4. The van der Waals surface area contributed by atoms with Crippen LogP contribution in [0.1, 0.15) is 26.3 Å². The molecule has 0 bridgehead atoms. The Bertz CT molecular complexity index is 711. The highest BCUT2D eigenvalue weighted by atomic mass is 16.5. The third-order valence-electron chi connectivity index (χ3n) is 4.96. The molecule has 0 amide bonds. The molecular formula is C23H31NO3. The summed E-state index contributed by atoms with van der Waals surface area (Å²) >= 11 is 0. The van der Waals surface area contributed by atoms with Crippen LogP contribution in [0.3, 0.4) is 0 Å². The molecule has 2 aromatic carbocycles. The van der Waals surface area contributed by atoms with E-state index in [4.69, 9.17) is 9.47 Å².